The molecular formula is C18H21N5O2. The fourth-order valence-corrected chi connectivity index (χ4v) is 2.37. The summed E-state index contributed by atoms with van der Waals surface area (Å²) in [5, 5.41) is 15.0. The highest BCUT2D eigenvalue weighted by molar-refractivity contribution is 5.34. The molecule has 7 nitrogen and oxygen atoms in total. The second-order valence-corrected chi connectivity index (χ2v) is 5.48. The van der Waals surface area contributed by atoms with E-state index in [4.69, 9.17) is 9.47 Å². The van der Waals surface area contributed by atoms with E-state index in [1.165, 1.54) is 0 Å². The minimum Gasteiger partial charge on any atom is -0.423 e. The van der Waals surface area contributed by atoms with Crippen LogP contribution in [0.25, 0.3) is 5.69 Å². The summed E-state index contributed by atoms with van der Waals surface area (Å²) in [6.45, 7) is 2.44. The normalized spacial score (nSPS) is 10.8. The van der Waals surface area contributed by atoms with Gasteiger partial charge in [-0.1, -0.05) is 35.4 Å². The predicted octanol–water partition coefficient (Wildman–Crippen LogP) is 2.58. The first-order valence-electron chi connectivity index (χ1n) is 8.17. The highest BCUT2D eigenvalue weighted by atomic mass is 16.5. The van der Waals surface area contributed by atoms with Crippen LogP contribution in [0.2, 0.25) is 0 Å². The molecule has 0 aliphatic carbocycles. The average Bonchev–Trinajstić information content (AvgIpc) is 3.11. The van der Waals surface area contributed by atoms with Gasteiger partial charge >= 0.3 is 6.01 Å². The monoisotopic (exact) mass is 339 g/mol. The molecule has 0 fully saturated rings. The van der Waals surface area contributed by atoms with Crippen LogP contribution in [0.3, 0.4) is 0 Å². The molecule has 0 atom stereocenters. The number of nitrogens with one attached hydrogen (secondary N) is 1. The molecule has 130 valence electrons. The van der Waals surface area contributed by atoms with Crippen LogP contribution in [0.5, 0.6) is 11.8 Å². The molecule has 0 radical (unpaired) electrons. The third kappa shape index (κ3) is 4.85. The minimum atomic E-state index is 0.330. The summed E-state index contributed by atoms with van der Waals surface area (Å²) in [7, 11) is 1.71. The first-order chi connectivity index (χ1) is 12.4. The van der Waals surface area contributed by atoms with Crippen molar-refractivity contribution in [3.8, 4) is 17.4 Å². The Labute approximate surface area is 146 Å². The predicted molar refractivity (Wildman–Crippen MR) is 93.9 cm³/mol. The Bertz CT molecular complexity index is 776. The molecule has 1 aromatic heterocycles. The van der Waals surface area contributed by atoms with E-state index < -0.39 is 0 Å². The number of methoxy groups -OCH3 is 1. The van der Waals surface area contributed by atoms with Crippen LogP contribution >= 0.6 is 0 Å². The highest BCUT2D eigenvalue weighted by Gasteiger charge is 2.10. The number of rotatable bonds is 9. The number of ether oxygens (including phenoxy) is 2. The zero-order chi connectivity index (χ0) is 17.3. The number of aromatic nitrogens is 4. The van der Waals surface area contributed by atoms with Crippen molar-refractivity contribution >= 4 is 0 Å². The second kappa shape index (κ2) is 8.91. The van der Waals surface area contributed by atoms with Crippen molar-refractivity contribution in [3.05, 3.63) is 60.2 Å². The molecule has 0 aliphatic rings. The fraction of sp³-hybridized carbons (Fsp3) is 0.278. The summed E-state index contributed by atoms with van der Waals surface area (Å²) in [5.74, 6) is 0.697. The molecule has 0 amide bonds. The Morgan fingerprint density at radius 3 is 2.80 bits per heavy atom. The Kier molecular flexibility index (Phi) is 6.08. The molecule has 0 spiro atoms. The molecule has 7 heteroatoms. The quantitative estimate of drug-likeness (QED) is 0.604. The SMILES string of the molecule is COCCCNCc1cccc(Oc2nnnn2-c2ccccc2)c1. The lowest BCUT2D eigenvalue weighted by atomic mass is 10.2. The maximum atomic E-state index is 5.87. The standard InChI is InChI=1S/C18H21N5O2/c1-24-12-6-11-19-14-15-7-5-10-17(13-15)25-18-20-21-22-23(18)16-8-3-2-4-9-16/h2-5,7-10,13,19H,6,11-12,14H2,1H3. The van der Waals surface area contributed by atoms with E-state index in [1.807, 2.05) is 48.5 Å². The molecular weight excluding hydrogens is 318 g/mol. The molecule has 1 heterocycles. The van der Waals surface area contributed by atoms with E-state index in [0.29, 0.717) is 11.8 Å². The number of para-hydroxylation sites is 1. The molecule has 25 heavy (non-hydrogen) atoms. The van der Waals surface area contributed by atoms with Gasteiger partial charge in [0, 0.05) is 20.3 Å². The molecule has 0 saturated heterocycles. The molecule has 0 unspecified atom stereocenters. The van der Waals surface area contributed by atoms with Gasteiger partial charge in [-0.2, -0.15) is 4.68 Å². The summed E-state index contributed by atoms with van der Waals surface area (Å²) in [6, 6.07) is 17.8. The van der Waals surface area contributed by atoms with Crippen LogP contribution in [0, 0.1) is 0 Å². The number of tetrazole rings is 1. The number of hydrogen-bond donors (Lipinski definition) is 1. The van der Waals surface area contributed by atoms with Gasteiger partial charge in [-0.25, -0.2) is 0 Å². The lowest BCUT2D eigenvalue weighted by Crippen LogP contribution is -2.16. The maximum absolute atomic E-state index is 5.87. The summed E-state index contributed by atoms with van der Waals surface area (Å²) < 4.78 is 12.5. The molecule has 3 aromatic rings. The third-order valence-corrected chi connectivity index (χ3v) is 3.58. The summed E-state index contributed by atoms with van der Waals surface area (Å²) in [5.41, 5.74) is 1.98. The van der Waals surface area contributed by atoms with Crippen LogP contribution in [0.4, 0.5) is 0 Å². The number of benzene rings is 2. The average molecular weight is 339 g/mol. The van der Waals surface area contributed by atoms with E-state index in [-0.39, 0.29) is 0 Å². The topological polar surface area (TPSA) is 74.1 Å². The van der Waals surface area contributed by atoms with Gasteiger partial charge in [0.2, 0.25) is 0 Å². The van der Waals surface area contributed by atoms with E-state index in [2.05, 4.69) is 26.9 Å². The van der Waals surface area contributed by atoms with Gasteiger partial charge < -0.3 is 14.8 Å². The van der Waals surface area contributed by atoms with Crippen molar-refractivity contribution < 1.29 is 9.47 Å². The van der Waals surface area contributed by atoms with Crippen molar-refractivity contribution in [1.29, 1.82) is 0 Å². The molecule has 2 aromatic carbocycles. The smallest absolute Gasteiger partial charge is 0.345 e. The van der Waals surface area contributed by atoms with E-state index in [0.717, 1.165) is 37.4 Å². The van der Waals surface area contributed by atoms with E-state index in [1.54, 1.807) is 11.8 Å². The van der Waals surface area contributed by atoms with Gasteiger partial charge in [0.05, 0.1) is 5.69 Å². The molecule has 0 saturated carbocycles. The second-order valence-electron chi connectivity index (χ2n) is 5.48. The Hall–Kier alpha value is -2.77. The number of hydrogen-bond acceptors (Lipinski definition) is 6. The van der Waals surface area contributed by atoms with Crippen LogP contribution in [-0.2, 0) is 11.3 Å². The summed E-state index contributed by atoms with van der Waals surface area (Å²) in [6.07, 6.45) is 0.985. The van der Waals surface area contributed by atoms with Gasteiger partial charge in [0.1, 0.15) is 5.75 Å². The first kappa shape index (κ1) is 17.1. The molecule has 1 N–H and O–H groups in total. The Morgan fingerprint density at radius 1 is 1.08 bits per heavy atom. The molecule has 0 bridgehead atoms. The van der Waals surface area contributed by atoms with E-state index >= 15 is 0 Å². The first-order valence-corrected chi connectivity index (χ1v) is 8.17. The van der Waals surface area contributed by atoms with Crippen molar-refractivity contribution in [2.45, 2.75) is 13.0 Å². The summed E-state index contributed by atoms with van der Waals surface area (Å²) >= 11 is 0. The lowest BCUT2D eigenvalue weighted by molar-refractivity contribution is 0.194. The maximum Gasteiger partial charge on any atom is 0.345 e. The Morgan fingerprint density at radius 2 is 1.96 bits per heavy atom. The van der Waals surface area contributed by atoms with Crippen LogP contribution in [0.1, 0.15) is 12.0 Å². The Balaban J connectivity index is 1.64. The van der Waals surface area contributed by atoms with Crippen molar-refractivity contribution in [2.24, 2.45) is 0 Å². The van der Waals surface area contributed by atoms with Gasteiger partial charge in [-0.05, 0) is 53.2 Å². The lowest BCUT2D eigenvalue weighted by Gasteiger charge is -2.08. The van der Waals surface area contributed by atoms with Crippen LogP contribution in [-0.4, -0.2) is 40.5 Å². The van der Waals surface area contributed by atoms with Crippen molar-refractivity contribution in [1.82, 2.24) is 25.5 Å². The van der Waals surface area contributed by atoms with Crippen molar-refractivity contribution in [3.63, 3.8) is 0 Å². The van der Waals surface area contributed by atoms with Crippen molar-refractivity contribution in [2.75, 3.05) is 20.3 Å². The fourth-order valence-electron chi connectivity index (χ4n) is 2.37. The highest BCUT2D eigenvalue weighted by Crippen LogP contribution is 2.22. The largest absolute Gasteiger partial charge is 0.423 e. The number of nitrogens with zero attached hydrogens (tertiary/aromatic N) is 4. The molecule has 0 aliphatic heterocycles. The van der Waals surface area contributed by atoms with Gasteiger partial charge in [-0.15, -0.1) is 0 Å². The third-order valence-electron chi connectivity index (χ3n) is 3.58. The minimum absolute atomic E-state index is 0.330. The molecule has 3 rings (SSSR count). The summed E-state index contributed by atoms with van der Waals surface area (Å²) in [4.78, 5) is 0. The zero-order valence-electron chi connectivity index (χ0n) is 14.1. The zero-order valence-corrected chi connectivity index (χ0v) is 14.1. The van der Waals surface area contributed by atoms with E-state index in [9.17, 15) is 0 Å². The van der Waals surface area contributed by atoms with Crippen LogP contribution < -0.4 is 10.1 Å². The van der Waals surface area contributed by atoms with Gasteiger partial charge in [-0.3, -0.25) is 0 Å². The van der Waals surface area contributed by atoms with Gasteiger partial charge in [0.25, 0.3) is 0 Å². The van der Waals surface area contributed by atoms with Crippen LogP contribution in [0.15, 0.2) is 54.6 Å². The van der Waals surface area contributed by atoms with Gasteiger partial charge in [0.15, 0.2) is 0 Å².